The zero-order chi connectivity index (χ0) is 13.1. The summed E-state index contributed by atoms with van der Waals surface area (Å²) in [7, 11) is 0. The molecule has 1 amide bonds. The molecule has 1 atom stereocenters. The minimum absolute atomic E-state index is 0.0366. The minimum Gasteiger partial charge on any atom is -0.409 e. The summed E-state index contributed by atoms with van der Waals surface area (Å²) in [6, 6.07) is 1.58. The van der Waals surface area contributed by atoms with Crippen molar-refractivity contribution in [3.05, 3.63) is 19.9 Å². The Morgan fingerprint density at radius 1 is 1.61 bits per heavy atom. The Morgan fingerprint density at radius 3 is 3.00 bits per heavy atom. The van der Waals surface area contributed by atoms with Gasteiger partial charge in [-0.1, -0.05) is 5.16 Å². The van der Waals surface area contributed by atoms with Gasteiger partial charge in [0.2, 0.25) is 0 Å². The van der Waals surface area contributed by atoms with Crippen molar-refractivity contribution in [2.75, 3.05) is 6.54 Å². The molecule has 7 heteroatoms. The molecule has 1 aromatic heterocycles. The number of halogens is 1. The maximum absolute atomic E-state index is 12.4. The number of amides is 1. The van der Waals surface area contributed by atoms with Crippen molar-refractivity contribution in [2.24, 2.45) is 10.9 Å². The van der Waals surface area contributed by atoms with Crippen LogP contribution in [0.5, 0.6) is 0 Å². The zero-order valence-electron chi connectivity index (χ0n) is 9.67. The molecule has 98 valence electrons. The van der Waals surface area contributed by atoms with Gasteiger partial charge in [0.1, 0.15) is 0 Å². The molecule has 0 saturated carbocycles. The van der Waals surface area contributed by atoms with Gasteiger partial charge in [0, 0.05) is 11.9 Å². The molecule has 18 heavy (non-hydrogen) atoms. The number of rotatable bonds is 2. The summed E-state index contributed by atoms with van der Waals surface area (Å²) in [5.74, 6) is 0.0819. The standard InChI is InChI=1S/C11H14IN3O2S/c12-9-5-7(6-18-9)11(16)15-4-2-1-3-8(15)10(13)14-17/h5-6,8,17H,1-4H2,(H2,13,14). The molecule has 1 fully saturated rings. The van der Waals surface area contributed by atoms with Crippen molar-refractivity contribution in [1.29, 1.82) is 0 Å². The maximum Gasteiger partial charge on any atom is 0.255 e. The van der Waals surface area contributed by atoms with E-state index in [9.17, 15) is 4.79 Å². The number of carbonyl (C=O) groups excluding carboxylic acids is 1. The fourth-order valence-corrected chi connectivity index (χ4v) is 3.46. The molecular formula is C11H14IN3O2S. The van der Waals surface area contributed by atoms with Gasteiger partial charge >= 0.3 is 0 Å². The molecule has 1 saturated heterocycles. The highest BCUT2D eigenvalue weighted by Gasteiger charge is 2.30. The number of hydrogen-bond donors (Lipinski definition) is 2. The lowest BCUT2D eigenvalue weighted by molar-refractivity contribution is 0.0677. The van der Waals surface area contributed by atoms with Crippen LogP contribution < -0.4 is 5.73 Å². The number of carbonyl (C=O) groups is 1. The van der Waals surface area contributed by atoms with Crippen LogP contribution in [0.1, 0.15) is 29.6 Å². The van der Waals surface area contributed by atoms with Gasteiger partial charge < -0.3 is 15.8 Å². The molecule has 1 aromatic rings. The fourth-order valence-electron chi connectivity index (χ4n) is 2.14. The number of amidine groups is 1. The van der Waals surface area contributed by atoms with Gasteiger partial charge in [-0.15, -0.1) is 11.3 Å². The Labute approximate surface area is 123 Å². The van der Waals surface area contributed by atoms with Gasteiger partial charge in [0.15, 0.2) is 5.84 Å². The summed E-state index contributed by atoms with van der Waals surface area (Å²) in [6.45, 7) is 0.659. The van der Waals surface area contributed by atoms with Crippen LogP contribution >= 0.6 is 33.9 Å². The Kier molecular flexibility index (Phi) is 4.44. The number of nitrogens with two attached hydrogens (primary N) is 1. The molecule has 5 nitrogen and oxygen atoms in total. The second-order valence-corrected chi connectivity index (χ2v) is 6.98. The van der Waals surface area contributed by atoms with E-state index in [1.807, 2.05) is 11.4 Å². The molecule has 3 N–H and O–H groups in total. The Morgan fingerprint density at radius 2 is 2.39 bits per heavy atom. The number of piperidine rings is 1. The summed E-state index contributed by atoms with van der Waals surface area (Å²) < 4.78 is 1.08. The van der Waals surface area contributed by atoms with E-state index in [2.05, 4.69) is 27.7 Å². The topological polar surface area (TPSA) is 78.9 Å². The molecule has 2 rings (SSSR count). The van der Waals surface area contributed by atoms with E-state index < -0.39 is 0 Å². The molecule has 0 aliphatic carbocycles. The summed E-state index contributed by atoms with van der Waals surface area (Å²) >= 11 is 3.73. The number of oxime groups is 1. The highest BCUT2D eigenvalue weighted by atomic mass is 127. The first-order chi connectivity index (χ1) is 8.63. The fraction of sp³-hybridized carbons (Fsp3) is 0.455. The van der Waals surface area contributed by atoms with Crippen molar-refractivity contribution < 1.29 is 10.0 Å². The monoisotopic (exact) mass is 379 g/mol. The molecule has 1 unspecified atom stereocenters. The van der Waals surface area contributed by atoms with Crippen LogP contribution in [0.4, 0.5) is 0 Å². The number of likely N-dealkylation sites (tertiary alicyclic amines) is 1. The highest BCUT2D eigenvalue weighted by Crippen LogP contribution is 2.23. The van der Waals surface area contributed by atoms with Gasteiger partial charge in [-0.3, -0.25) is 4.79 Å². The predicted octanol–water partition coefficient (Wildman–Crippen LogP) is 2.09. The van der Waals surface area contributed by atoms with Gasteiger partial charge in [0.25, 0.3) is 5.91 Å². The van der Waals surface area contributed by atoms with E-state index in [0.29, 0.717) is 12.1 Å². The van der Waals surface area contributed by atoms with Crippen molar-refractivity contribution in [3.8, 4) is 0 Å². The normalized spacial score (nSPS) is 21.1. The third-order valence-electron chi connectivity index (χ3n) is 3.03. The van der Waals surface area contributed by atoms with E-state index in [-0.39, 0.29) is 17.8 Å². The van der Waals surface area contributed by atoms with Crippen molar-refractivity contribution >= 4 is 45.7 Å². The summed E-state index contributed by atoms with van der Waals surface area (Å²) in [6.07, 6.45) is 2.71. The van der Waals surface area contributed by atoms with Gasteiger partial charge in [0.05, 0.1) is 14.5 Å². The molecule has 0 radical (unpaired) electrons. The molecule has 2 heterocycles. The average Bonchev–Trinajstić information content (AvgIpc) is 2.83. The van der Waals surface area contributed by atoms with Crippen LogP contribution in [0.25, 0.3) is 0 Å². The predicted molar refractivity (Wildman–Crippen MR) is 79.1 cm³/mol. The van der Waals surface area contributed by atoms with Crippen molar-refractivity contribution in [3.63, 3.8) is 0 Å². The Balaban J connectivity index is 2.21. The van der Waals surface area contributed by atoms with Gasteiger partial charge in [-0.25, -0.2) is 0 Å². The lowest BCUT2D eigenvalue weighted by Crippen LogP contribution is -2.50. The smallest absolute Gasteiger partial charge is 0.255 e. The largest absolute Gasteiger partial charge is 0.409 e. The Hall–Kier alpha value is -0.830. The summed E-state index contributed by atoms with van der Waals surface area (Å²) in [4.78, 5) is 14.1. The highest BCUT2D eigenvalue weighted by molar-refractivity contribution is 14.1. The lowest BCUT2D eigenvalue weighted by Gasteiger charge is -2.34. The summed E-state index contributed by atoms with van der Waals surface area (Å²) in [5, 5.41) is 13.7. The van der Waals surface area contributed by atoms with Crippen LogP contribution in [0, 0.1) is 2.88 Å². The SMILES string of the molecule is NC(=NO)C1CCCCN1C(=O)c1csc(I)c1. The van der Waals surface area contributed by atoms with Crippen LogP contribution in [0.15, 0.2) is 16.6 Å². The van der Waals surface area contributed by atoms with E-state index in [1.165, 1.54) is 0 Å². The number of nitrogens with zero attached hydrogens (tertiary/aromatic N) is 2. The first-order valence-corrected chi connectivity index (χ1v) is 7.61. The molecule has 1 aliphatic heterocycles. The molecule has 0 spiro atoms. The third-order valence-corrected chi connectivity index (χ3v) is 4.82. The second-order valence-electron chi connectivity index (χ2n) is 4.17. The first-order valence-electron chi connectivity index (χ1n) is 5.66. The van der Waals surface area contributed by atoms with E-state index >= 15 is 0 Å². The quantitative estimate of drug-likeness (QED) is 0.272. The second kappa shape index (κ2) is 5.87. The number of hydrogen-bond acceptors (Lipinski definition) is 4. The van der Waals surface area contributed by atoms with E-state index in [4.69, 9.17) is 10.9 Å². The summed E-state index contributed by atoms with van der Waals surface area (Å²) in [5.41, 5.74) is 6.35. The lowest BCUT2D eigenvalue weighted by atomic mass is 10.0. The Bertz CT molecular complexity index is 475. The van der Waals surface area contributed by atoms with Crippen LogP contribution in [-0.2, 0) is 0 Å². The van der Waals surface area contributed by atoms with Crippen molar-refractivity contribution in [2.45, 2.75) is 25.3 Å². The molecule has 0 aromatic carbocycles. The van der Waals surface area contributed by atoms with Crippen LogP contribution in [-0.4, -0.2) is 34.4 Å². The minimum atomic E-state index is -0.284. The molecule has 1 aliphatic rings. The van der Waals surface area contributed by atoms with Crippen molar-refractivity contribution in [1.82, 2.24) is 4.90 Å². The average molecular weight is 379 g/mol. The third kappa shape index (κ3) is 2.77. The van der Waals surface area contributed by atoms with Gasteiger partial charge in [-0.05, 0) is 47.9 Å². The maximum atomic E-state index is 12.4. The number of thiophene rings is 1. The first kappa shape index (κ1) is 13.6. The molecular weight excluding hydrogens is 365 g/mol. The van der Waals surface area contributed by atoms with Crippen LogP contribution in [0.3, 0.4) is 0 Å². The van der Waals surface area contributed by atoms with E-state index in [1.54, 1.807) is 16.2 Å². The van der Waals surface area contributed by atoms with E-state index in [0.717, 1.165) is 22.1 Å². The van der Waals surface area contributed by atoms with Gasteiger partial charge in [-0.2, -0.15) is 0 Å². The zero-order valence-corrected chi connectivity index (χ0v) is 12.6. The molecule has 0 bridgehead atoms. The van der Waals surface area contributed by atoms with Crippen LogP contribution in [0.2, 0.25) is 0 Å².